The van der Waals surface area contributed by atoms with Crippen LogP contribution in [-0.2, 0) is 9.53 Å². The van der Waals surface area contributed by atoms with Crippen LogP contribution in [0.1, 0.15) is 6.42 Å². The maximum atomic E-state index is 10.2. The van der Waals surface area contributed by atoms with Gasteiger partial charge in [0.1, 0.15) is 6.29 Å². The zero-order valence-electron chi connectivity index (χ0n) is 6.95. The van der Waals surface area contributed by atoms with Gasteiger partial charge in [-0.25, -0.2) is 0 Å². The van der Waals surface area contributed by atoms with E-state index in [9.17, 15) is 4.79 Å². The summed E-state index contributed by atoms with van der Waals surface area (Å²) in [6.45, 7) is 2.98. The lowest BCUT2D eigenvalue weighted by Crippen LogP contribution is -2.43. The highest BCUT2D eigenvalue weighted by molar-refractivity contribution is 5.51. The lowest BCUT2D eigenvalue weighted by atomic mass is 10.2. The third-order valence-electron chi connectivity index (χ3n) is 1.97. The monoisotopic (exact) mass is 166 g/mol. The minimum atomic E-state index is -0.147. The van der Waals surface area contributed by atoms with E-state index in [-0.39, 0.29) is 6.04 Å². The van der Waals surface area contributed by atoms with Crippen molar-refractivity contribution in [1.29, 1.82) is 0 Å². The van der Waals surface area contributed by atoms with Crippen LogP contribution in [0.25, 0.3) is 0 Å². The Labute approximate surface area is 72.7 Å². The smallest absolute Gasteiger partial charge is 0.122 e. The number of aldehydes is 1. The van der Waals surface area contributed by atoms with Gasteiger partial charge in [0.2, 0.25) is 0 Å². The molecule has 12 heavy (non-hydrogen) atoms. The first-order chi connectivity index (χ1) is 5.88. The Morgan fingerprint density at radius 3 is 2.75 bits per heavy atom. The van der Waals surface area contributed by atoms with Gasteiger partial charge < -0.3 is 9.53 Å². The highest BCUT2D eigenvalue weighted by atomic mass is 16.5. The molecule has 0 aromatic rings. The predicted octanol–water partition coefficient (Wildman–Crippen LogP) is -0.134. The van der Waals surface area contributed by atoms with Crippen molar-refractivity contribution in [3.8, 4) is 5.92 Å². The highest BCUT2D eigenvalue weighted by Crippen LogP contribution is 2.05. The third-order valence-corrected chi connectivity index (χ3v) is 1.97. The van der Waals surface area contributed by atoms with Crippen molar-refractivity contribution >= 4 is 6.29 Å². The first kappa shape index (κ1) is 9.24. The van der Waals surface area contributed by atoms with Gasteiger partial charge in [-0.1, -0.05) is 5.92 Å². The number of carbonyl (C=O) groups excluding carboxylic acids is 1. The van der Waals surface area contributed by atoms with Crippen LogP contribution in [0.3, 0.4) is 0 Å². The zero-order valence-corrected chi connectivity index (χ0v) is 6.95. The van der Waals surface area contributed by atoms with E-state index in [1.807, 2.05) is 4.90 Å². The largest absolute Gasteiger partial charge is 0.379 e. The number of morpholine rings is 1. The molecule has 1 aliphatic heterocycles. The summed E-state index contributed by atoms with van der Waals surface area (Å²) in [6, 6.07) is -0.147. The summed E-state index contributed by atoms with van der Waals surface area (Å²) in [6.07, 6.45) is 8.21. The van der Waals surface area contributed by atoms with Crippen LogP contribution in [0.4, 0.5) is 0 Å². The third kappa shape index (κ3) is 2.33. The standard InChI is InChI=1S/C9H12NO2/c1-2-9(3-6-11)10-4-7-12-8-5-10/h6,9H,3-5,7-8H2. The van der Waals surface area contributed by atoms with E-state index in [2.05, 4.69) is 5.92 Å². The summed E-state index contributed by atoms with van der Waals surface area (Å²) in [4.78, 5) is 12.3. The fraction of sp³-hybridized carbons (Fsp3) is 0.667. The molecule has 1 atom stereocenters. The van der Waals surface area contributed by atoms with E-state index in [0.717, 1.165) is 19.4 Å². The van der Waals surface area contributed by atoms with Crippen LogP contribution < -0.4 is 0 Å². The topological polar surface area (TPSA) is 29.5 Å². The molecule has 1 heterocycles. The summed E-state index contributed by atoms with van der Waals surface area (Å²) in [5.41, 5.74) is 0. The number of rotatable bonds is 3. The molecule has 1 fully saturated rings. The van der Waals surface area contributed by atoms with Crippen LogP contribution in [0.5, 0.6) is 0 Å². The average molecular weight is 166 g/mol. The average Bonchev–Trinajstić information content (AvgIpc) is 2.15. The fourth-order valence-electron chi connectivity index (χ4n) is 1.28. The molecular weight excluding hydrogens is 154 g/mol. The van der Waals surface area contributed by atoms with Crippen LogP contribution in [-0.4, -0.2) is 43.5 Å². The minimum Gasteiger partial charge on any atom is -0.379 e. The molecule has 0 bridgehead atoms. The quantitative estimate of drug-likeness (QED) is 0.432. The normalized spacial score (nSPS) is 21.2. The molecule has 3 heteroatoms. The molecule has 0 aromatic heterocycles. The Morgan fingerprint density at radius 2 is 2.25 bits per heavy atom. The first-order valence-corrected chi connectivity index (χ1v) is 4.06. The summed E-state index contributed by atoms with van der Waals surface area (Å²) in [5, 5.41) is 0. The molecule has 0 saturated carbocycles. The molecule has 0 amide bonds. The molecule has 0 aliphatic carbocycles. The van der Waals surface area contributed by atoms with E-state index in [0.29, 0.717) is 19.6 Å². The van der Waals surface area contributed by atoms with Crippen LogP contribution in [0, 0.1) is 12.3 Å². The first-order valence-electron chi connectivity index (χ1n) is 4.06. The second kappa shape index (κ2) is 4.91. The van der Waals surface area contributed by atoms with Gasteiger partial charge in [-0.05, 0) is 6.42 Å². The summed E-state index contributed by atoms with van der Waals surface area (Å²) in [7, 11) is 0. The lowest BCUT2D eigenvalue weighted by molar-refractivity contribution is -0.108. The molecule has 1 aliphatic rings. The van der Waals surface area contributed by atoms with E-state index in [1.54, 1.807) is 0 Å². The highest BCUT2D eigenvalue weighted by Gasteiger charge is 2.18. The molecule has 1 radical (unpaired) electrons. The van der Waals surface area contributed by atoms with Crippen molar-refractivity contribution in [1.82, 2.24) is 4.90 Å². The SMILES string of the molecule is [C]#CC(CC=O)N1CCOCC1. The molecule has 65 valence electrons. The van der Waals surface area contributed by atoms with Crippen molar-refractivity contribution in [3.05, 3.63) is 6.42 Å². The predicted molar refractivity (Wildman–Crippen MR) is 44.0 cm³/mol. The summed E-state index contributed by atoms with van der Waals surface area (Å²) >= 11 is 0. The maximum absolute atomic E-state index is 10.2. The van der Waals surface area contributed by atoms with Crippen molar-refractivity contribution in [2.24, 2.45) is 0 Å². The van der Waals surface area contributed by atoms with Gasteiger partial charge in [0.05, 0.1) is 19.3 Å². The Bertz CT molecular complexity index is 179. The zero-order chi connectivity index (χ0) is 8.81. The van der Waals surface area contributed by atoms with E-state index in [1.165, 1.54) is 0 Å². The van der Waals surface area contributed by atoms with Gasteiger partial charge in [0, 0.05) is 19.5 Å². The molecule has 1 unspecified atom stereocenters. The van der Waals surface area contributed by atoms with Crippen LogP contribution in [0.2, 0.25) is 0 Å². The Hall–Kier alpha value is -0.850. The van der Waals surface area contributed by atoms with Gasteiger partial charge in [0.25, 0.3) is 0 Å². The number of ether oxygens (including phenoxy) is 1. The van der Waals surface area contributed by atoms with E-state index in [4.69, 9.17) is 11.2 Å². The second-order valence-electron chi connectivity index (χ2n) is 2.71. The summed E-state index contributed by atoms with van der Waals surface area (Å²) < 4.78 is 5.15. The van der Waals surface area contributed by atoms with E-state index < -0.39 is 0 Å². The minimum absolute atomic E-state index is 0.147. The molecule has 0 spiro atoms. The fourth-order valence-corrected chi connectivity index (χ4v) is 1.28. The molecule has 3 nitrogen and oxygen atoms in total. The van der Waals surface area contributed by atoms with Crippen molar-refractivity contribution in [2.45, 2.75) is 12.5 Å². The molecule has 1 saturated heterocycles. The molecular formula is C9H12NO2. The molecule has 0 N–H and O–H groups in total. The Kier molecular flexibility index (Phi) is 3.78. The number of nitrogens with zero attached hydrogens (tertiary/aromatic N) is 1. The Balaban J connectivity index is 2.41. The van der Waals surface area contributed by atoms with Gasteiger partial charge in [-0.3, -0.25) is 4.90 Å². The number of hydrogen-bond acceptors (Lipinski definition) is 3. The van der Waals surface area contributed by atoms with Gasteiger partial charge in [-0.2, -0.15) is 0 Å². The van der Waals surface area contributed by atoms with Crippen molar-refractivity contribution < 1.29 is 9.53 Å². The van der Waals surface area contributed by atoms with Crippen LogP contribution >= 0.6 is 0 Å². The van der Waals surface area contributed by atoms with Crippen LogP contribution in [0.15, 0.2) is 0 Å². The summed E-state index contributed by atoms with van der Waals surface area (Å²) in [5.74, 6) is 2.36. The number of carbonyl (C=O) groups is 1. The Morgan fingerprint density at radius 1 is 1.58 bits per heavy atom. The van der Waals surface area contributed by atoms with Gasteiger partial charge in [-0.15, -0.1) is 0 Å². The number of hydrogen-bond donors (Lipinski definition) is 0. The van der Waals surface area contributed by atoms with E-state index >= 15 is 0 Å². The van der Waals surface area contributed by atoms with Crippen molar-refractivity contribution in [3.63, 3.8) is 0 Å². The van der Waals surface area contributed by atoms with Gasteiger partial charge >= 0.3 is 0 Å². The lowest BCUT2D eigenvalue weighted by Gasteiger charge is -2.30. The van der Waals surface area contributed by atoms with Crippen molar-refractivity contribution in [2.75, 3.05) is 26.3 Å². The molecule has 1 rings (SSSR count). The van der Waals surface area contributed by atoms with Gasteiger partial charge in [0.15, 0.2) is 0 Å². The molecule has 0 aromatic carbocycles. The second-order valence-corrected chi connectivity index (χ2v) is 2.71. The maximum Gasteiger partial charge on any atom is 0.122 e.